The number of nitrogens with zero attached hydrogens (tertiary/aromatic N) is 1. The van der Waals surface area contributed by atoms with Gasteiger partial charge in [-0.15, -0.1) is 0 Å². The third kappa shape index (κ3) is 4.55. The van der Waals surface area contributed by atoms with E-state index >= 15 is 0 Å². The molecule has 3 rings (SSSR count). The summed E-state index contributed by atoms with van der Waals surface area (Å²) in [4.78, 5) is 27.7. The van der Waals surface area contributed by atoms with E-state index in [0.717, 1.165) is 30.4 Å². The first kappa shape index (κ1) is 17.8. The smallest absolute Gasteiger partial charge is 0.252 e. The molecule has 1 aliphatic rings. The minimum absolute atomic E-state index is 0.0621. The summed E-state index contributed by atoms with van der Waals surface area (Å²) in [6.07, 6.45) is 2.64. The van der Waals surface area contributed by atoms with E-state index in [-0.39, 0.29) is 11.7 Å². The van der Waals surface area contributed by atoms with E-state index in [9.17, 15) is 9.59 Å². The summed E-state index contributed by atoms with van der Waals surface area (Å²) in [7, 11) is 0. The lowest BCUT2D eigenvalue weighted by Gasteiger charge is -2.34. The highest BCUT2D eigenvalue weighted by Crippen LogP contribution is 2.16. The average Bonchev–Trinajstić information content (AvgIpc) is 2.67. The number of rotatable bonds is 5. The van der Waals surface area contributed by atoms with Gasteiger partial charge in [-0.3, -0.25) is 14.5 Å². The third-order valence-corrected chi connectivity index (χ3v) is 4.97. The topological polar surface area (TPSA) is 49.4 Å². The molecular weight excluding hydrogens is 380 g/mol. The SMILES string of the molecule is O=C(N[C@@H](C(=O)c1ccccc1)N1CCCCC1)c1ccc(Br)cc1. The summed E-state index contributed by atoms with van der Waals surface area (Å²) >= 11 is 3.37. The highest BCUT2D eigenvalue weighted by molar-refractivity contribution is 9.10. The minimum atomic E-state index is -0.626. The van der Waals surface area contributed by atoms with E-state index in [1.165, 1.54) is 6.42 Å². The largest absolute Gasteiger partial charge is 0.329 e. The van der Waals surface area contributed by atoms with Crippen LogP contribution in [0.3, 0.4) is 0 Å². The lowest BCUT2D eigenvalue weighted by Crippen LogP contribution is -2.54. The highest BCUT2D eigenvalue weighted by atomic mass is 79.9. The second kappa shape index (κ2) is 8.41. The zero-order chi connectivity index (χ0) is 17.6. The van der Waals surface area contributed by atoms with E-state index in [1.807, 2.05) is 30.3 Å². The number of hydrogen-bond donors (Lipinski definition) is 1. The van der Waals surface area contributed by atoms with Crippen LogP contribution < -0.4 is 5.32 Å². The van der Waals surface area contributed by atoms with Crippen molar-refractivity contribution in [3.8, 4) is 0 Å². The molecule has 1 N–H and O–H groups in total. The first-order valence-electron chi connectivity index (χ1n) is 8.55. The average molecular weight is 401 g/mol. The molecule has 1 atom stereocenters. The predicted octanol–water partition coefficient (Wildman–Crippen LogP) is 3.87. The zero-order valence-corrected chi connectivity index (χ0v) is 15.5. The van der Waals surface area contributed by atoms with Crippen molar-refractivity contribution in [2.75, 3.05) is 13.1 Å². The lowest BCUT2D eigenvalue weighted by molar-refractivity contribution is 0.0652. The molecule has 1 heterocycles. The van der Waals surface area contributed by atoms with Gasteiger partial charge in [0.15, 0.2) is 5.78 Å². The van der Waals surface area contributed by atoms with Gasteiger partial charge in [-0.2, -0.15) is 0 Å². The fraction of sp³-hybridized carbons (Fsp3) is 0.300. The van der Waals surface area contributed by atoms with Crippen molar-refractivity contribution in [1.29, 1.82) is 0 Å². The fourth-order valence-corrected chi connectivity index (χ4v) is 3.33. The molecule has 1 amide bonds. The van der Waals surface area contributed by atoms with Crippen LogP contribution in [0.15, 0.2) is 59.1 Å². The quantitative estimate of drug-likeness (QED) is 0.774. The number of Topliss-reactive ketones (excluding diaryl/α,β-unsaturated/α-hetero) is 1. The van der Waals surface area contributed by atoms with Crippen molar-refractivity contribution in [3.05, 3.63) is 70.2 Å². The molecule has 0 unspecified atom stereocenters. The van der Waals surface area contributed by atoms with E-state index in [2.05, 4.69) is 26.1 Å². The van der Waals surface area contributed by atoms with Gasteiger partial charge in [0.1, 0.15) is 6.17 Å². The van der Waals surface area contributed by atoms with Crippen LogP contribution in [0.4, 0.5) is 0 Å². The van der Waals surface area contributed by atoms with Gasteiger partial charge in [0.05, 0.1) is 0 Å². The Bertz CT molecular complexity index is 725. The molecule has 1 fully saturated rings. The molecule has 0 spiro atoms. The maximum Gasteiger partial charge on any atom is 0.252 e. The Morgan fingerprint density at radius 1 is 0.880 bits per heavy atom. The molecule has 0 bridgehead atoms. The van der Waals surface area contributed by atoms with Gasteiger partial charge >= 0.3 is 0 Å². The molecule has 4 nitrogen and oxygen atoms in total. The van der Waals surface area contributed by atoms with Gasteiger partial charge in [-0.05, 0) is 37.1 Å². The molecular formula is C20H21BrN2O2. The van der Waals surface area contributed by atoms with E-state index in [1.54, 1.807) is 24.3 Å². The van der Waals surface area contributed by atoms with Crippen molar-refractivity contribution >= 4 is 27.6 Å². The second-order valence-corrected chi connectivity index (χ2v) is 7.13. The maximum absolute atomic E-state index is 13.0. The number of carbonyl (C=O) groups excluding carboxylic acids is 2. The molecule has 5 heteroatoms. The van der Waals surface area contributed by atoms with Crippen LogP contribution >= 0.6 is 15.9 Å². The van der Waals surface area contributed by atoms with Crippen LogP contribution in [0, 0.1) is 0 Å². The van der Waals surface area contributed by atoms with Gasteiger partial charge in [0.2, 0.25) is 0 Å². The molecule has 2 aromatic rings. The van der Waals surface area contributed by atoms with E-state index < -0.39 is 6.17 Å². The highest BCUT2D eigenvalue weighted by Gasteiger charge is 2.29. The first-order chi connectivity index (χ1) is 12.1. The monoisotopic (exact) mass is 400 g/mol. The Kier molecular flexibility index (Phi) is 6.00. The Morgan fingerprint density at radius 2 is 1.52 bits per heavy atom. The van der Waals surface area contributed by atoms with Crippen LogP contribution in [0.1, 0.15) is 40.0 Å². The third-order valence-electron chi connectivity index (χ3n) is 4.44. The number of amides is 1. The van der Waals surface area contributed by atoms with Crippen molar-refractivity contribution in [2.45, 2.75) is 25.4 Å². The number of ketones is 1. The van der Waals surface area contributed by atoms with Gasteiger partial charge < -0.3 is 5.32 Å². The van der Waals surface area contributed by atoms with Crippen LogP contribution in [0.25, 0.3) is 0 Å². The van der Waals surface area contributed by atoms with Crippen molar-refractivity contribution in [3.63, 3.8) is 0 Å². The summed E-state index contributed by atoms with van der Waals surface area (Å²) in [5.41, 5.74) is 1.17. The van der Waals surface area contributed by atoms with Gasteiger partial charge in [0.25, 0.3) is 5.91 Å². The molecule has 0 saturated carbocycles. The summed E-state index contributed by atoms with van der Waals surface area (Å²) in [6, 6.07) is 16.3. The van der Waals surface area contributed by atoms with Crippen molar-refractivity contribution < 1.29 is 9.59 Å². The summed E-state index contributed by atoms with van der Waals surface area (Å²) in [5.74, 6) is -0.291. The number of hydrogen-bond acceptors (Lipinski definition) is 3. The molecule has 2 aromatic carbocycles. The molecule has 0 aromatic heterocycles. The number of piperidine rings is 1. The van der Waals surface area contributed by atoms with E-state index in [0.29, 0.717) is 11.1 Å². The Hall–Kier alpha value is -1.98. The van der Waals surface area contributed by atoms with Gasteiger partial charge in [0, 0.05) is 28.7 Å². The molecule has 0 aliphatic carbocycles. The summed E-state index contributed by atoms with van der Waals surface area (Å²) in [6.45, 7) is 1.65. The summed E-state index contributed by atoms with van der Waals surface area (Å²) < 4.78 is 0.914. The molecule has 25 heavy (non-hydrogen) atoms. The number of carbonyl (C=O) groups is 2. The molecule has 1 saturated heterocycles. The Labute approximate surface area is 156 Å². The van der Waals surface area contributed by atoms with Crippen LogP contribution in [-0.4, -0.2) is 35.8 Å². The number of halogens is 1. The van der Waals surface area contributed by atoms with Crippen LogP contribution in [0.2, 0.25) is 0 Å². The van der Waals surface area contributed by atoms with Gasteiger partial charge in [-0.25, -0.2) is 0 Å². The molecule has 130 valence electrons. The molecule has 1 aliphatic heterocycles. The maximum atomic E-state index is 13.0. The van der Waals surface area contributed by atoms with Crippen molar-refractivity contribution in [1.82, 2.24) is 10.2 Å². The number of nitrogens with one attached hydrogen (secondary N) is 1. The van der Waals surface area contributed by atoms with Crippen LogP contribution in [-0.2, 0) is 0 Å². The zero-order valence-electron chi connectivity index (χ0n) is 14.0. The number of likely N-dealkylation sites (tertiary alicyclic amines) is 1. The van der Waals surface area contributed by atoms with E-state index in [4.69, 9.17) is 0 Å². The first-order valence-corrected chi connectivity index (χ1v) is 9.34. The van der Waals surface area contributed by atoms with Crippen molar-refractivity contribution in [2.24, 2.45) is 0 Å². The molecule has 0 radical (unpaired) electrons. The summed E-state index contributed by atoms with van der Waals surface area (Å²) in [5, 5.41) is 2.94. The Morgan fingerprint density at radius 3 is 2.16 bits per heavy atom. The Balaban J connectivity index is 1.81. The second-order valence-electron chi connectivity index (χ2n) is 6.21. The lowest BCUT2D eigenvalue weighted by atomic mass is 10.0. The van der Waals surface area contributed by atoms with Crippen LogP contribution in [0.5, 0.6) is 0 Å². The normalized spacial score (nSPS) is 16.2. The number of benzene rings is 2. The predicted molar refractivity (Wildman–Crippen MR) is 102 cm³/mol. The van der Waals surface area contributed by atoms with Gasteiger partial charge in [-0.1, -0.05) is 52.7 Å². The standard InChI is InChI=1S/C20H21BrN2O2/c21-17-11-9-16(10-12-17)20(25)22-19(23-13-5-2-6-14-23)18(24)15-7-3-1-4-8-15/h1,3-4,7-12,19H,2,5-6,13-14H2,(H,22,25)/t19-/m1/s1. The fourth-order valence-electron chi connectivity index (χ4n) is 3.07. The minimum Gasteiger partial charge on any atom is -0.329 e.